The predicted octanol–water partition coefficient (Wildman–Crippen LogP) is 0.709. The molecule has 0 radical (unpaired) electrons. The van der Waals surface area contributed by atoms with Gasteiger partial charge in [0.25, 0.3) is 0 Å². The fraction of sp³-hybridized carbons (Fsp3) is 0.462. The van der Waals surface area contributed by atoms with Crippen molar-refractivity contribution in [1.29, 1.82) is 0 Å². The molecular weight excluding hydrogens is 283 g/mol. The molecule has 0 aliphatic carbocycles. The lowest BCUT2D eigenvalue weighted by Gasteiger charge is -2.16. The standard InChI is InChI=1S/C13H17FN2O3S/c1-9-6-16(7-12(9)13(15)17)20(18,19)8-10-2-4-11(14)5-3-10/h2-5,9,12H,6-8H2,1H3,(H2,15,17)/t9-,12-/m1/s1. The summed E-state index contributed by atoms with van der Waals surface area (Å²) in [5.74, 6) is -1.62. The Morgan fingerprint density at radius 2 is 1.95 bits per heavy atom. The molecule has 1 saturated heterocycles. The second-order valence-electron chi connectivity index (χ2n) is 5.19. The number of amides is 1. The predicted molar refractivity (Wildman–Crippen MR) is 72.4 cm³/mol. The second kappa shape index (κ2) is 5.49. The number of nitrogens with zero attached hydrogens (tertiary/aromatic N) is 1. The molecule has 1 heterocycles. The number of benzene rings is 1. The second-order valence-corrected chi connectivity index (χ2v) is 7.15. The number of rotatable bonds is 4. The van der Waals surface area contributed by atoms with Crippen molar-refractivity contribution in [2.75, 3.05) is 13.1 Å². The van der Waals surface area contributed by atoms with E-state index in [9.17, 15) is 17.6 Å². The van der Waals surface area contributed by atoms with E-state index in [1.807, 2.05) is 6.92 Å². The van der Waals surface area contributed by atoms with E-state index in [-0.39, 0.29) is 24.8 Å². The number of primary amides is 1. The van der Waals surface area contributed by atoms with E-state index in [1.54, 1.807) is 0 Å². The molecule has 1 amide bonds. The number of hydrogen-bond donors (Lipinski definition) is 1. The van der Waals surface area contributed by atoms with E-state index in [4.69, 9.17) is 5.73 Å². The molecule has 0 unspecified atom stereocenters. The van der Waals surface area contributed by atoms with E-state index in [2.05, 4.69) is 0 Å². The molecule has 7 heteroatoms. The molecule has 1 aliphatic heterocycles. The average molecular weight is 300 g/mol. The number of sulfonamides is 1. The Morgan fingerprint density at radius 1 is 1.35 bits per heavy atom. The first kappa shape index (κ1) is 14.9. The first-order valence-electron chi connectivity index (χ1n) is 6.31. The van der Waals surface area contributed by atoms with Crippen molar-refractivity contribution < 1.29 is 17.6 Å². The molecule has 0 bridgehead atoms. The van der Waals surface area contributed by atoms with Gasteiger partial charge in [0.2, 0.25) is 15.9 Å². The molecule has 0 aromatic heterocycles. The van der Waals surface area contributed by atoms with Gasteiger partial charge in [-0.05, 0) is 23.6 Å². The van der Waals surface area contributed by atoms with Gasteiger partial charge in [0.15, 0.2) is 0 Å². The third kappa shape index (κ3) is 3.16. The molecule has 20 heavy (non-hydrogen) atoms. The van der Waals surface area contributed by atoms with Crippen LogP contribution < -0.4 is 5.73 Å². The zero-order valence-electron chi connectivity index (χ0n) is 11.1. The van der Waals surface area contributed by atoms with E-state index in [1.165, 1.54) is 28.6 Å². The monoisotopic (exact) mass is 300 g/mol. The Bertz CT molecular complexity index is 601. The zero-order valence-corrected chi connectivity index (χ0v) is 11.9. The third-order valence-corrected chi connectivity index (χ3v) is 5.38. The Hall–Kier alpha value is -1.47. The van der Waals surface area contributed by atoms with Gasteiger partial charge in [0.1, 0.15) is 5.82 Å². The van der Waals surface area contributed by atoms with Gasteiger partial charge in [-0.1, -0.05) is 19.1 Å². The molecule has 2 N–H and O–H groups in total. The number of halogens is 1. The van der Waals surface area contributed by atoms with Crippen molar-refractivity contribution >= 4 is 15.9 Å². The van der Waals surface area contributed by atoms with Crippen LogP contribution in [0, 0.1) is 17.7 Å². The van der Waals surface area contributed by atoms with Crippen LogP contribution in [0.3, 0.4) is 0 Å². The highest BCUT2D eigenvalue weighted by Gasteiger charge is 2.38. The summed E-state index contributed by atoms with van der Waals surface area (Å²) in [6.07, 6.45) is 0. The van der Waals surface area contributed by atoms with E-state index < -0.39 is 27.7 Å². The van der Waals surface area contributed by atoms with E-state index in [0.717, 1.165) is 0 Å². The molecular formula is C13H17FN2O3S. The quantitative estimate of drug-likeness (QED) is 0.889. The van der Waals surface area contributed by atoms with Gasteiger partial charge in [-0.25, -0.2) is 17.1 Å². The van der Waals surface area contributed by atoms with Crippen LogP contribution in [0.15, 0.2) is 24.3 Å². The molecule has 5 nitrogen and oxygen atoms in total. The first-order valence-corrected chi connectivity index (χ1v) is 7.92. The van der Waals surface area contributed by atoms with E-state index in [0.29, 0.717) is 5.56 Å². The maximum atomic E-state index is 12.8. The summed E-state index contributed by atoms with van der Waals surface area (Å²) in [4.78, 5) is 11.2. The zero-order chi connectivity index (χ0) is 14.9. The fourth-order valence-electron chi connectivity index (χ4n) is 2.40. The van der Waals surface area contributed by atoms with Crippen LogP contribution in [0.2, 0.25) is 0 Å². The Balaban J connectivity index is 2.12. The highest BCUT2D eigenvalue weighted by molar-refractivity contribution is 7.88. The maximum Gasteiger partial charge on any atom is 0.222 e. The summed E-state index contributed by atoms with van der Waals surface area (Å²) >= 11 is 0. The molecule has 2 atom stereocenters. The molecule has 110 valence electrons. The van der Waals surface area contributed by atoms with Crippen molar-refractivity contribution in [3.8, 4) is 0 Å². The van der Waals surface area contributed by atoms with Gasteiger partial charge >= 0.3 is 0 Å². The SMILES string of the molecule is C[C@@H]1CN(S(=O)(=O)Cc2ccc(F)cc2)C[C@H]1C(N)=O. The molecule has 1 aromatic rings. The normalized spacial score (nSPS) is 23.9. The minimum absolute atomic E-state index is 0.0875. The first-order chi connectivity index (χ1) is 9.29. The summed E-state index contributed by atoms with van der Waals surface area (Å²) < 4.78 is 38.7. The largest absolute Gasteiger partial charge is 0.369 e. The van der Waals surface area contributed by atoms with Crippen LogP contribution in [0.25, 0.3) is 0 Å². The number of nitrogens with two attached hydrogens (primary N) is 1. The molecule has 0 saturated carbocycles. The van der Waals surface area contributed by atoms with Crippen LogP contribution in [-0.2, 0) is 20.6 Å². The molecule has 1 aromatic carbocycles. The van der Waals surface area contributed by atoms with Crippen molar-refractivity contribution in [3.63, 3.8) is 0 Å². The highest BCUT2D eigenvalue weighted by Crippen LogP contribution is 2.26. The van der Waals surface area contributed by atoms with Gasteiger partial charge in [0, 0.05) is 13.1 Å². The highest BCUT2D eigenvalue weighted by atomic mass is 32.2. The van der Waals surface area contributed by atoms with Gasteiger partial charge in [0.05, 0.1) is 11.7 Å². The molecule has 0 spiro atoms. The molecule has 2 rings (SSSR count). The third-order valence-electron chi connectivity index (χ3n) is 3.60. The van der Waals surface area contributed by atoms with Crippen LogP contribution in [0.4, 0.5) is 4.39 Å². The summed E-state index contributed by atoms with van der Waals surface area (Å²) in [5.41, 5.74) is 5.78. The average Bonchev–Trinajstić information content (AvgIpc) is 2.75. The van der Waals surface area contributed by atoms with Gasteiger partial charge < -0.3 is 5.73 Å². The van der Waals surface area contributed by atoms with Crippen LogP contribution in [0.1, 0.15) is 12.5 Å². The minimum Gasteiger partial charge on any atom is -0.369 e. The van der Waals surface area contributed by atoms with Gasteiger partial charge in [-0.15, -0.1) is 0 Å². The van der Waals surface area contributed by atoms with Crippen molar-refractivity contribution in [3.05, 3.63) is 35.6 Å². The van der Waals surface area contributed by atoms with Gasteiger partial charge in [-0.3, -0.25) is 4.79 Å². The number of carbonyl (C=O) groups is 1. The van der Waals surface area contributed by atoms with E-state index >= 15 is 0 Å². The van der Waals surface area contributed by atoms with Crippen LogP contribution >= 0.6 is 0 Å². The lowest BCUT2D eigenvalue weighted by Crippen LogP contribution is -2.32. The van der Waals surface area contributed by atoms with Crippen molar-refractivity contribution in [2.45, 2.75) is 12.7 Å². The Labute approximate surface area is 117 Å². The summed E-state index contributed by atoms with van der Waals surface area (Å²) in [5, 5.41) is 0. The minimum atomic E-state index is -3.52. The van der Waals surface area contributed by atoms with Crippen LogP contribution in [-0.4, -0.2) is 31.7 Å². The summed E-state index contributed by atoms with van der Waals surface area (Å²) in [6.45, 7) is 2.22. The lowest BCUT2D eigenvalue weighted by molar-refractivity contribution is -0.122. The Morgan fingerprint density at radius 3 is 2.45 bits per heavy atom. The summed E-state index contributed by atoms with van der Waals surface area (Å²) in [6, 6.07) is 5.34. The Kier molecular flexibility index (Phi) is 4.10. The van der Waals surface area contributed by atoms with Crippen molar-refractivity contribution in [1.82, 2.24) is 4.31 Å². The molecule has 1 aliphatic rings. The van der Waals surface area contributed by atoms with Crippen molar-refractivity contribution in [2.24, 2.45) is 17.6 Å². The topological polar surface area (TPSA) is 80.5 Å². The number of hydrogen-bond acceptors (Lipinski definition) is 3. The molecule has 1 fully saturated rings. The summed E-state index contributed by atoms with van der Waals surface area (Å²) in [7, 11) is -3.52. The number of carbonyl (C=O) groups excluding carboxylic acids is 1. The smallest absolute Gasteiger partial charge is 0.222 e. The fourth-order valence-corrected chi connectivity index (χ4v) is 4.05. The lowest BCUT2D eigenvalue weighted by atomic mass is 9.98. The van der Waals surface area contributed by atoms with Crippen LogP contribution in [0.5, 0.6) is 0 Å². The maximum absolute atomic E-state index is 12.8. The van der Waals surface area contributed by atoms with Gasteiger partial charge in [-0.2, -0.15) is 0 Å².